The van der Waals surface area contributed by atoms with E-state index < -0.39 is 10.2 Å². The lowest BCUT2D eigenvalue weighted by molar-refractivity contribution is 0.393. The maximum absolute atomic E-state index is 11.4. The van der Waals surface area contributed by atoms with Crippen molar-refractivity contribution in [3.8, 4) is 0 Å². The van der Waals surface area contributed by atoms with Crippen molar-refractivity contribution >= 4 is 16.0 Å². The van der Waals surface area contributed by atoms with Gasteiger partial charge >= 0.3 is 0 Å². The fraction of sp³-hybridized carbons (Fsp3) is 0.833. The summed E-state index contributed by atoms with van der Waals surface area (Å²) in [6.07, 6.45) is 0.655. The van der Waals surface area contributed by atoms with Crippen LogP contribution in [-0.4, -0.2) is 37.8 Å². The van der Waals surface area contributed by atoms with E-state index in [1.807, 2.05) is 13.8 Å². The minimum absolute atomic E-state index is 0.0175. The second-order valence-corrected chi connectivity index (χ2v) is 9.99. The average Bonchev–Trinajstić information content (AvgIpc) is 2.77. The van der Waals surface area contributed by atoms with Crippen molar-refractivity contribution in [1.82, 2.24) is 9.62 Å². The van der Waals surface area contributed by atoms with E-state index in [9.17, 15) is 8.42 Å². The van der Waals surface area contributed by atoms with Crippen LogP contribution >= 0.6 is 0 Å². The number of rotatable bonds is 2. The largest absolute Gasteiger partial charge is 0.332 e. The third-order valence-electron chi connectivity index (χ3n) is 4.28. The summed E-state index contributed by atoms with van der Waals surface area (Å²) in [6.45, 7) is 19.7. The second kappa shape index (κ2) is 7.37. The molecule has 0 radical (unpaired) electrons. The van der Waals surface area contributed by atoms with Crippen LogP contribution in [-0.2, 0) is 10.2 Å². The van der Waals surface area contributed by atoms with Crippen molar-refractivity contribution in [2.75, 3.05) is 6.54 Å². The van der Waals surface area contributed by atoms with E-state index in [0.29, 0.717) is 13.0 Å². The SMILES string of the molecule is CC.C[C@H]1N=C(C(C)(C)C)N2C[C@H](NS(N)(=O)=O)CC2=C1C(C)(C)C. The van der Waals surface area contributed by atoms with Crippen molar-refractivity contribution < 1.29 is 8.42 Å². The first-order valence-corrected chi connectivity index (χ1v) is 10.6. The van der Waals surface area contributed by atoms with Gasteiger partial charge in [0.05, 0.1) is 6.04 Å². The minimum atomic E-state index is -3.71. The molecule has 25 heavy (non-hydrogen) atoms. The molecule has 0 bridgehead atoms. The number of aliphatic imine (C=N–C) groups is 1. The highest BCUT2D eigenvalue weighted by Crippen LogP contribution is 2.42. The molecular formula is C18H36N4O2S. The molecule has 0 saturated carbocycles. The fourth-order valence-corrected chi connectivity index (χ4v) is 4.36. The van der Waals surface area contributed by atoms with Crippen LogP contribution in [0.15, 0.2) is 16.3 Å². The number of hydrogen-bond donors (Lipinski definition) is 2. The normalized spacial score (nSPS) is 24.6. The lowest BCUT2D eigenvalue weighted by Gasteiger charge is -2.41. The highest BCUT2D eigenvalue weighted by Gasteiger charge is 2.42. The van der Waals surface area contributed by atoms with Gasteiger partial charge in [-0.1, -0.05) is 55.4 Å². The van der Waals surface area contributed by atoms with E-state index >= 15 is 0 Å². The van der Waals surface area contributed by atoms with Gasteiger partial charge in [-0.3, -0.25) is 4.99 Å². The summed E-state index contributed by atoms with van der Waals surface area (Å²) in [5.74, 6) is 1.02. The maximum atomic E-state index is 11.4. The molecule has 0 aromatic carbocycles. The first-order valence-electron chi connectivity index (χ1n) is 9.09. The number of hydrogen-bond acceptors (Lipinski definition) is 4. The summed E-state index contributed by atoms with van der Waals surface area (Å²) in [5, 5.41) is 5.17. The molecule has 146 valence electrons. The number of fused-ring (bicyclic) bond motifs is 1. The van der Waals surface area contributed by atoms with E-state index in [1.54, 1.807) is 0 Å². The van der Waals surface area contributed by atoms with E-state index in [-0.39, 0.29) is 22.9 Å². The van der Waals surface area contributed by atoms with E-state index in [0.717, 1.165) is 5.84 Å². The summed E-state index contributed by atoms with van der Waals surface area (Å²) < 4.78 is 25.4. The quantitative estimate of drug-likeness (QED) is 0.781. The molecule has 2 aliphatic heterocycles. The van der Waals surface area contributed by atoms with Crippen LogP contribution in [0.2, 0.25) is 0 Å². The van der Waals surface area contributed by atoms with E-state index in [4.69, 9.17) is 10.1 Å². The molecule has 0 amide bonds. The van der Waals surface area contributed by atoms with Crippen molar-refractivity contribution in [3.05, 3.63) is 11.3 Å². The zero-order valence-corrected chi connectivity index (χ0v) is 18.1. The highest BCUT2D eigenvalue weighted by atomic mass is 32.2. The topological polar surface area (TPSA) is 87.8 Å². The monoisotopic (exact) mass is 372 g/mol. The molecule has 0 aromatic heterocycles. The Balaban J connectivity index is 0.00000151. The Labute approximate surface area is 154 Å². The van der Waals surface area contributed by atoms with Crippen LogP contribution in [0.1, 0.15) is 68.7 Å². The predicted octanol–water partition coefficient (Wildman–Crippen LogP) is 3.03. The zero-order valence-electron chi connectivity index (χ0n) is 17.3. The summed E-state index contributed by atoms with van der Waals surface area (Å²) in [4.78, 5) is 7.15. The summed E-state index contributed by atoms with van der Waals surface area (Å²) in [6, 6.07) is -0.112. The van der Waals surface area contributed by atoms with Crippen molar-refractivity contribution in [3.63, 3.8) is 0 Å². The third-order valence-corrected chi connectivity index (χ3v) is 4.94. The third kappa shape index (κ3) is 5.28. The Morgan fingerprint density at radius 1 is 1.12 bits per heavy atom. The van der Waals surface area contributed by atoms with Gasteiger partial charge in [0.1, 0.15) is 5.84 Å². The molecule has 6 nitrogen and oxygen atoms in total. The molecule has 2 rings (SSSR count). The number of amidine groups is 1. The van der Waals surface area contributed by atoms with Gasteiger partial charge in [-0.25, -0.2) is 5.14 Å². The first-order chi connectivity index (χ1) is 11.2. The Morgan fingerprint density at radius 2 is 1.64 bits per heavy atom. The smallest absolute Gasteiger partial charge is 0.274 e. The molecule has 0 aromatic rings. The number of nitrogens with two attached hydrogens (primary N) is 1. The van der Waals surface area contributed by atoms with Gasteiger partial charge in [-0.05, 0) is 17.9 Å². The highest BCUT2D eigenvalue weighted by molar-refractivity contribution is 7.87. The molecule has 0 spiro atoms. The minimum Gasteiger partial charge on any atom is -0.332 e. The van der Waals surface area contributed by atoms with Gasteiger partial charge in [0.2, 0.25) is 0 Å². The lowest BCUT2D eigenvalue weighted by atomic mass is 9.79. The van der Waals surface area contributed by atoms with Crippen molar-refractivity contribution in [2.45, 2.75) is 80.8 Å². The molecule has 3 N–H and O–H groups in total. The Bertz CT molecular complexity index is 652. The van der Waals surface area contributed by atoms with E-state index in [2.05, 4.69) is 58.1 Å². The maximum Gasteiger partial charge on any atom is 0.274 e. The van der Waals surface area contributed by atoms with Crippen molar-refractivity contribution in [2.24, 2.45) is 21.0 Å². The second-order valence-electron chi connectivity index (χ2n) is 8.66. The molecule has 1 saturated heterocycles. The van der Waals surface area contributed by atoms with Gasteiger partial charge in [0.25, 0.3) is 10.2 Å². The molecule has 0 unspecified atom stereocenters. The molecule has 2 aliphatic rings. The van der Waals surface area contributed by atoms with Crippen molar-refractivity contribution in [1.29, 1.82) is 0 Å². The molecule has 2 atom stereocenters. The summed E-state index contributed by atoms with van der Waals surface area (Å²) >= 11 is 0. The van der Waals surface area contributed by atoms with Gasteiger partial charge < -0.3 is 4.90 Å². The van der Waals surface area contributed by atoms with Crippen LogP contribution in [0, 0.1) is 10.8 Å². The van der Waals surface area contributed by atoms with Crippen LogP contribution in [0.5, 0.6) is 0 Å². The number of nitrogens with zero attached hydrogens (tertiary/aromatic N) is 2. The molecule has 0 aliphatic carbocycles. The van der Waals surface area contributed by atoms with Crippen LogP contribution in [0.4, 0.5) is 0 Å². The van der Waals surface area contributed by atoms with Crippen LogP contribution < -0.4 is 9.86 Å². The lowest BCUT2D eigenvalue weighted by Crippen LogP contribution is -2.45. The molecule has 7 heteroatoms. The van der Waals surface area contributed by atoms with Gasteiger partial charge in [0, 0.05) is 30.1 Å². The fourth-order valence-electron chi connectivity index (χ4n) is 3.74. The summed E-state index contributed by atoms with van der Waals surface area (Å²) in [5.41, 5.74) is 2.37. The van der Waals surface area contributed by atoms with Crippen LogP contribution in [0.25, 0.3) is 0 Å². The number of nitrogens with one attached hydrogen (secondary N) is 1. The standard InChI is InChI=1S/C16H30N4O2S.C2H6/c1-10-13(15(2,3)4)12-8-11(19-23(17,21)22)9-20(12)14(18-10)16(5,6)7;1-2/h10-11,19H,8-9H2,1-7H3,(H2,17,21,22);1-2H3/t10-,11-;/m1./s1. The Kier molecular flexibility index (Phi) is 6.52. The van der Waals surface area contributed by atoms with Gasteiger partial charge in [-0.15, -0.1) is 0 Å². The molecular weight excluding hydrogens is 336 g/mol. The van der Waals surface area contributed by atoms with Gasteiger partial charge in [-0.2, -0.15) is 13.1 Å². The molecule has 1 fully saturated rings. The Hall–Kier alpha value is -0.920. The predicted molar refractivity (Wildman–Crippen MR) is 106 cm³/mol. The average molecular weight is 373 g/mol. The zero-order chi connectivity index (χ0) is 19.8. The Morgan fingerprint density at radius 3 is 2.04 bits per heavy atom. The van der Waals surface area contributed by atoms with E-state index in [1.165, 1.54) is 11.3 Å². The molecule has 2 heterocycles. The first kappa shape index (κ1) is 22.1. The van der Waals surface area contributed by atoms with Crippen LogP contribution in [0.3, 0.4) is 0 Å². The summed E-state index contributed by atoms with van der Waals surface area (Å²) in [7, 11) is -3.71. The van der Waals surface area contributed by atoms with Gasteiger partial charge in [0.15, 0.2) is 0 Å².